The summed E-state index contributed by atoms with van der Waals surface area (Å²) in [6.45, 7) is 0. The molecule has 0 fully saturated rings. The summed E-state index contributed by atoms with van der Waals surface area (Å²) in [7, 11) is 1.60. The van der Waals surface area contributed by atoms with Gasteiger partial charge in [0.05, 0.1) is 30.3 Å². The van der Waals surface area contributed by atoms with Gasteiger partial charge in [-0.05, 0) is 44.0 Å². The minimum absolute atomic E-state index is 0.0236. The van der Waals surface area contributed by atoms with E-state index in [1.807, 2.05) is 6.07 Å². The minimum Gasteiger partial charge on any atom is -0.496 e. The van der Waals surface area contributed by atoms with Gasteiger partial charge in [0.2, 0.25) is 5.30 Å². The standard InChI is InChI=1S/C23H18Br2O6P/c1-29-14-11-17(30-2)19(18(12-14)31-3)23(27)32(28)22-16(24)10-9-15(20(22)25)21(26)13-7-5-4-6-8-13/h4-12H,1-3H3/q+1. The molecule has 0 N–H and O–H groups in total. The van der Waals surface area contributed by atoms with Crippen molar-refractivity contribution in [3.8, 4) is 17.2 Å². The van der Waals surface area contributed by atoms with Gasteiger partial charge < -0.3 is 14.2 Å². The maximum absolute atomic E-state index is 13.5. The minimum atomic E-state index is -2.66. The molecule has 0 aromatic heterocycles. The quantitative estimate of drug-likeness (QED) is 0.249. The Labute approximate surface area is 202 Å². The SMILES string of the molecule is COc1cc(OC)c(C(=O)[P+](=O)c2c(Br)ccc(C(=O)c3ccccc3)c2Br)c(OC)c1. The van der Waals surface area contributed by atoms with Crippen molar-refractivity contribution < 1.29 is 28.4 Å². The second kappa shape index (κ2) is 10.4. The lowest BCUT2D eigenvalue weighted by Gasteiger charge is -2.11. The molecule has 1 unspecified atom stereocenters. The lowest BCUT2D eigenvalue weighted by Crippen LogP contribution is -2.14. The molecule has 0 radical (unpaired) electrons. The molecule has 1 atom stereocenters. The van der Waals surface area contributed by atoms with Crippen LogP contribution in [-0.2, 0) is 4.57 Å². The molecule has 0 aliphatic carbocycles. The van der Waals surface area contributed by atoms with Crippen molar-refractivity contribution in [1.29, 1.82) is 0 Å². The smallest absolute Gasteiger partial charge is 0.461 e. The number of carbonyl (C=O) groups excluding carboxylic acids is 2. The van der Waals surface area contributed by atoms with Crippen LogP contribution in [0.15, 0.2) is 63.5 Å². The van der Waals surface area contributed by atoms with E-state index in [0.29, 0.717) is 21.3 Å². The Morgan fingerprint density at radius 1 is 0.844 bits per heavy atom. The fourth-order valence-electron chi connectivity index (χ4n) is 3.07. The Hall–Kier alpha value is -2.54. The van der Waals surface area contributed by atoms with Gasteiger partial charge >= 0.3 is 13.3 Å². The van der Waals surface area contributed by atoms with E-state index in [9.17, 15) is 14.2 Å². The molecular weight excluding hydrogens is 563 g/mol. The molecule has 3 aromatic rings. The van der Waals surface area contributed by atoms with E-state index in [1.54, 1.807) is 36.4 Å². The molecule has 0 heterocycles. The first-order valence-electron chi connectivity index (χ1n) is 9.23. The van der Waals surface area contributed by atoms with Crippen molar-refractivity contribution in [3.05, 3.63) is 80.2 Å². The zero-order valence-electron chi connectivity index (χ0n) is 17.3. The highest BCUT2D eigenvalue weighted by Gasteiger charge is 2.42. The highest BCUT2D eigenvalue weighted by Crippen LogP contribution is 2.42. The normalized spacial score (nSPS) is 11.0. The second-order valence-electron chi connectivity index (χ2n) is 6.46. The zero-order chi connectivity index (χ0) is 23.4. The summed E-state index contributed by atoms with van der Waals surface area (Å²) < 4.78 is 30.0. The van der Waals surface area contributed by atoms with E-state index in [2.05, 4.69) is 31.9 Å². The summed E-state index contributed by atoms with van der Waals surface area (Å²) in [5.74, 6) is 0.488. The van der Waals surface area contributed by atoms with Gasteiger partial charge in [0.25, 0.3) is 0 Å². The number of hydrogen-bond donors (Lipinski definition) is 0. The van der Waals surface area contributed by atoms with Crippen LogP contribution in [0.25, 0.3) is 0 Å². The first-order chi connectivity index (χ1) is 15.3. The van der Waals surface area contributed by atoms with Crippen LogP contribution in [-0.4, -0.2) is 32.6 Å². The Morgan fingerprint density at radius 2 is 1.44 bits per heavy atom. The average Bonchev–Trinajstić information content (AvgIpc) is 2.82. The fraction of sp³-hybridized carbons (Fsp3) is 0.130. The second-order valence-corrected chi connectivity index (χ2v) is 9.55. The Balaban J connectivity index is 2.11. The van der Waals surface area contributed by atoms with Crippen LogP contribution < -0.4 is 19.5 Å². The van der Waals surface area contributed by atoms with Gasteiger partial charge in [0, 0.05) is 23.3 Å². The van der Waals surface area contributed by atoms with Crippen LogP contribution in [0.5, 0.6) is 17.2 Å². The highest BCUT2D eigenvalue weighted by molar-refractivity contribution is 9.11. The average molecular weight is 581 g/mol. The Morgan fingerprint density at radius 3 is 1.97 bits per heavy atom. The first-order valence-corrected chi connectivity index (χ1v) is 12.1. The summed E-state index contributed by atoms with van der Waals surface area (Å²) in [4.78, 5) is 26.3. The molecule has 0 saturated carbocycles. The topological polar surface area (TPSA) is 78.9 Å². The van der Waals surface area contributed by atoms with Crippen LogP contribution in [0.1, 0.15) is 26.3 Å². The monoisotopic (exact) mass is 579 g/mol. The van der Waals surface area contributed by atoms with Crippen LogP contribution in [0, 0.1) is 0 Å². The van der Waals surface area contributed by atoms with Crippen LogP contribution in [0.3, 0.4) is 0 Å². The molecule has 6 nitrogen and oxygen atoms in total. The molecule has 0 bridgehead atoms. The summed E-state index contributed by atoms with van der Waals surface area (Å²) in [5.41, 5.74) is 0.0818. The summed E-state index contributed by atoms with van der Waals surface area (Å²) >= 11 is 6.76. The maximum atomic E-state index is 13.5. The largest absolute Gasteiger partial charge is 0.496 e. The van der Waals surface area contributed by atoms with Crippen LogP contribution >= 0.6 is 39.7 Å². The van der Waals surface area contributed by atoms with E-state index in [-0.39, 0.29) is 32.6 Å². The van der Waals surface area contributed by atoms with E-state index in [1.165, 1.54) is 33.5 Å². The lowest BCUT2D eigenvalue weighted by molar-refractivity contribution is 0.103. The molecule has 3 rings (SSSR count). The van der Waals surface area contributed by atoms with Gasteiger partial charge in [-0.25, -0.2) is 4.79 Å². The fourth-order valence-corrected chi connectivity index (χ4v) is 6.35. The van der Waals surface area contributed by atoms with Gasteiger partial charge in [-0.2, -0.15) is 0 Å². The molecule has 0 spiro atoms. The molecule has 9 heteroatoms. The number of hydrogen-bond acceptors (Lipinski definition) is 6. The Bertz CT molecular complexity index is 1190. The van der Waals surface area contributed by atoms with Crippen LogP contribution in [0.2, 0.25) is 0 Å². The predicted molar refractivity (Wildman–Crippen MR) is 129 cm³/mol. The number of ketones is 1. The van der Waals surface area contributed by atoms with Gasteiger partial charge in [0.1, 0.15) is 17.2 Å². The van der Waals surface area contributed by atoms with E-state index in [4.69, 9.17) is 14.2 Å². The van der Waals surface area contributed by atoms with Gasteiger partial charge in [-0.1, -0.05) is 34.9 Å². The Kier molecular flexibility index (Phi) is 7.82. The third-order valence-corrected chi connectivity index (χ3v) is 8.22. The van der Waals surface area contributed by atoms with Crippen molar-refractivity contribution in [2.45, 2.75) is 0 Å². The van der Waals surface area contributed by atoms with Gasteiger partial charge in [0.15, 0.2) is 11.3 Å². The van der Waals surface area contributed by atoms with Crippen molar-refractivity contribution in [2.75, 3.05) is 21.3 Å². The third kappa shape index (κ3) is 4.63. The molecule has 0 aliphatic rings. The summed E-state index contributed by atoms with van der Waals surface area (Å²) in [5, 5.41) is 0.173. The molecule has 0 saturated heterocycles. The highest BCUT2D eigenvalue weighted by atomic mass is 79.9. The van der Waals surface area contributed by atoms with Crippen molar-refractivity contribution in [1.82, 2.24) is 0 Å². The van der Waals surface area contributed by atoms with Crippen molar-refractivity contribution >= 4 is 56.3 Å². The number of methoxy groups -OCH3 is 3. The third-order valence-electron chi connectivity index (χ3n) is 4.66. The molecule has 32 heavy (non-hydrogen) atoms. The molecule has 0 aliphatic heterocycles. The molecule has 164 valence electrons. The van der Waals surface area contributed by atoms with Crippen molar-refractivity contribution in [3.63, 3.8) is 0 Å². The van der Waals surface area contributed by atoms with Gasteiger partial charge in [-0.3, -0.25) is 4.79 Å². The lowest BCUT2D eigenvalue weighted by atomic mass is 10.0. The van der Waals surface area contributed by atoms with Crippen LogP contribution in [0.4, 0.5) is 0 Å². The molecule has 0 amide bonds. The molecular formula is C23H18Br2O6P+. The maximum Gasteiger partial charge on any atom is 0.461 e. The number of rotatable bonds is 8. The van der Waals surface area contributed by atoms with E-state index in [0.717, 1.165) is 0 Å². The predicted octanol–water partition coefficient (Wildman–Crippen LogP) is 5.76. The molecule has 3 aromatic carbocycles. The number of ether oxygens (including phenoxy) is 3. The van der Waals surface area contributed by atoms with E-state index >= 15 is 0 Å². The number of halogens is 2. The van der Waals surface area contributed by atoms with Crippen molar-refractivity contribution in [2.24, 2.45) is 0 Å². The number of benzene rings is 3. The number of carbonyl (C=O) groups is 2. The zero-order valence-corrected chi connectivity index (χ0v) is 21.4. The summed E-state index contributed by atoms with van der Waals surface area (Å²) in [6, 6.07) is 14.9. The first kappa shape index (κ1) is 24.1. The summed E-state index contributed by atoms with van der Waals surface area (Å²) in [6.07, 6.45) is 0. The van der Waals surface area contributed by atoms with Gasteiger partial charge in [-0.15, -0.1) is 0 Å². The van der Waals surface area contributed by atoms with E-state index < -0.39 is 13.3 Å².